The third-order valence-corrected chi connectivity index (χ3v) is 5.90. The number of hydrogen-bond donors (Lipinski definition) is 1. The van der Waals surface area contributed by atoms with Crippen molar-refractivity contribution < 1.29 is 33.7 Å². The number of rotatable bonds is 7. The molecular formula is C20H29NO7. The molecule has 1 saturated carbocycles. The van der Waals surface area contributed by atoms with Crippen LogP contribution in [0.4, 0.5) is 0 Å². The number of carbonyl (C=O) groups is 3. The van der Waals surface area contributed by atoms with Crippen molar-refractivity contribution in [2.45, 2.75) is 77.4 Å². The highest BCUT2D eigenvalue weighted by Crippen LogP contribution is 2.52. The number of aliphatic hydroxyl groups is 1. The highest BCUT2D eigenvalue weighted by Gasteiger charge is 2.62. The van der Waals surface area contributed by atoms with E-state index in [9.17, 15) is 19.5 Å². The molecule has 0 aromatic heterocycles. The second-order valence-electron chi connectivity index (χ2n) is 7.76. The van der Waals surface area contributed by atoms with Gasteiger partial charge in [-0.25, -0.2) is 4.79 Å². The first-order valence-electron chi connectivity index (χ1n) is 9.97. The summed E-state index contributed by atoms with van der Waals surface area (Å²) in [5.41, 5.74) is 0.982. The molecule has 2 fully saturated rings. The average Bonchev–Trinajstić information content (AvgIpc) is 2.91. The van der Waals surface area contributed by atoms with E-state index in [1.54, 1.807) is 14.0 Å². The largest absolute Gasteiger partial charge is 0.425 e. The van der Waals surface area contributed by atoms with Gasteiger partial charge in [0.05, 0.1) is 24.2 Å². The summed E-state index contributed by atoms with van der Waals surface area (Å²) in [6.45, 7) is 4.75. The Morgan fingerprint density at radius 3 is 2.57 bits per heavy atom. The van der Waals surface area contributed by atoms with Crippen LogP contribution in [0.5, 0.6) is 0 Å². The lowest BCUT2D eigenvalue weighted by Crippen LogP contribution is -2.64. The summed E-state index contributed by atoms with van der Waals surface area (Å²) in [5, 5.41) is 10.1. The van der Waals surface area contributed by atoms with Gasteiger partial charge in [-0.05, 0) is 38.2 Å². The number of esters is 2. The van der Waals surface area contributed by atoms with E-state index in [1.165, 1.54) is 11.8 Å². The van der Waals surface area contributed by atoms with Crippen LogP contribution in [0, 0.1) is 11.8 Å². The number of nitrogens with zero attached hydrogens (tertiary/aromatic N) is 1. The molecule has 0 aromatic rings. The maximum atomic E-state index is 13.1. The van der Waals surface area contributed by atoms with Gasteiger partial charge in [-0.1, -0.05) is 6.92 Å². The third kappa shape index (κ3) is 3.43. The molecule has 2 aliphatic heterocycles. The fraction of sp³-hybridized carbons (Fsp3) is 0.750. The van der Waals surface area contributed by atoms with Crippen molar-refractivity contribution in [1.29, 1.82) is 0 Å². The third-order valence-electron chi connectivity index (χ3n) is 5.90. The molecule has 1 amide bonds. The van der Waals surface area contributed by atoms with Crippen molar-refractivity contribution in [2.75, 3.05) is 7.11 Å². The minimum absolute atomic E-state index is 0.0306. The van der Waals surface area contributed by atoms with Crippen molar-refractivity contribution >= 4 is 17.8 Å². The van der Waals surface area contributed by atoms with E-state index in [1.807, 2.05) is 6.92 Å². The quantitative estimate of drug-likeness (QED) is 0.396. The summed E-state index contributed by atoms with van der Waals surface area (Å²) >= 11 is 0. The van der Waals surface area contributed by atoms with E-state index < -0.39 is 30.3 Å². The Kier molecular flexibility index (Phi) is 6.09. The van der Waals surface area contributed by atoms with Gasteiger partial charge in [-0.15, -0.1) is 0 Å². The summed E-state index contributed by atoms with van der Waals surface area (Å²) < 4.78 is 16.2. The lowest BCUT2D eigenvalue weighted by Gasteiger charge is -2.47. The average molecular weight is 395 g/mol. The molecule has 8 nitrogen and oxygen atoms in total. The molecule has 3 rings (SSSR count). The van der Waals surface area contributed by atoms with Crippen molar-refractivity contribution in [2.24, 2.45) is 11.8 Å². The zero-order valence-corrected chi connectivity index (χ0v) is 16.8. The molecule has 6 atom stereocenters. The maximum absolute atomic E-state index is 13.1. The number of aliphatic hydroxyl groups excluding tert-OH is 1. The van der Waals surface area contributed by atoms with Gasteiger partial charge in [0.1, 0.15) is 5.70 Å². The van der Waals surface area contributed by atoms with Crippen LogP contribution in [0.3, 0.4) is 0 Å². The molecule has 1 N–H and O–H groups in total. The Bertz CT molecular complexity index is 686. The van der Waals surface area contributed by atoms with Crippen LogP contribution >= 0.6 is 0 Å². The van der Waals surface area contributed by atoms with Crippen LogP contribution in [-0.4, -0.2) is 59.5 Å². The number of methoxy groups -OCH3 is 1. The fourth-order valence-electron chi connectivity index (χ4n) is 4.81. The van der Waals surface area contributed by atoms with Crippen LogP contribution in [0.2, 0.25) is 0 Å². The summed E-state index contributed by atoms with van der Waals surface area (Å²) in [4.78, 5) is 38.6. The van der Waals surface area contributed by atoms with Gasteiger partial charge in [0.25, 0.3) is 0 Å². The number of β-lactam (4-membered cyclic amide) rings is 1. The van der Waals surface area contributed by atoms with Gasteiger partial charge in [0, 0.05) is 26.4 Å². The smallest absolute Gasteiger partial charge is 0.358 e. The van der Waals surface area contributed by atoms with Crippen molar-refractivity contribution in [3.8, 4) is 0 Å². The molecule has 28 heavy (non-hydrogen) atoms. The predicted molar refractivity (Wildman–Crippen MR) is 97.5 cm³/mol. The molecule has 0 radical (unpaired) electrons. The van der Waals surface area contributed by atoms with Crippen molar-refractivity contribution in [3.63, 3.8) is 0 Å². The predicted octanol–water partition coefficient (Wildman–Crippen LogP) is 1.51. The number of ether oxygens (including phenoxy) is 3. The highest BCUT2D eigenvalue weighted by molar-refractivity contribution is 6.01. The molecule has 0 bridgehead atoms. The topological polar surface area (TPSA) is 102 Å². The Labute approximate surface area is 164 Å². The molecule has 3 aliphatic rings. The Morgan fingerprint density at radius 2 is 2.00 bits per heavy atom. The maximum Gasteiger partial charge on any atom is 0.358 e. The molecule has 1 saturated heterocycles. The van der Waals surface area contributed by atoms with Gasteiger partial charge in [0.2, 0.25) is 12.2 Å². The second-order valence-corrected chi connectivity index (χ2v) is 7.76. The van der Waals surface area contributed by atoms with Gasteiger partial charge >= 0.3 is 11.9 Å². The van der Waals surface area contributed by atoms with Crippen LogP contribution in [0.15, 0.2) is 11.3 Å². The lowest BCUT2D eigenvalue weighted by molar-refractivity contribution is -0.188. The van der Waals surface area contributed by atoms with E-state index >= 15 is 0 Å². The van der Waals surface area contributed by atoms with E-state index in [4.69, 9.17) is 14.2 Å². The van der Waals surface area contributed by atoms with Crippen molar-refractivity contribution in [3.05, 3.63) is 11.3 Å². The monoisotopic (exact) mass is 395 g/mol. The van der Waals surface area contributed by atoms with E-state index in [-0.39, 0.29) is 29.7 Å². The van der Waals surface area contributed by atoms with Crippen LogP contribution < -0.4 is 0 Å². The summed E-state index contributed by atoms with van der Waals surface area (Å²) in [6, 6.07) is -0.249. The van der Waals surface area contributed by atoms with Gasteiger partial charge < -0.3 is 24.2 Å². The minimum atomic E-state index is -0.992. The second kappa shape index (κ2) is 8.21. The lowest BCUT2D eigenvalue weighted by atomic mass is 9.72. The van der Waals surface area contributed by atoms with Crippen LogP contribution in [0.1, 0.15) is 52.9 Å². The summed E-state index contributed by atoms with van der Waals surface area (Å²) in [5.74, 6) is -2.04. The summed E-state index contributed by atoms with van der Waals surface area (Å²) in [7, 11) is 1.59. The standard InChI is InChI=1S/C20H29NO7/c1-5-7-14(27-11(3)23)28-20(25)18-16-12(8-6-9-13(16)26-4)17-15(10(2)22)19(24)21(17)18/h10,12-15,17,22H,5-9H2,1-4H3. The minimum Gasteiger partial charge on any atom is -0.425 e. The number of fused-ring (bicyclic) bond motifs is 3. The molecule has 6 unspecified atom stereocenters. The SMILES string of the molecule is CCCC(OC(C)=O)OC(=O)C1=C2C(OC)CCCC2C2C(C(C)O)C(=O)N12. The van der Waals surface area contributed by atoms with Gasteiger partial charge in [-0.3, -0.25) is 9.59 Å². The molecule has 8 heteroatoms. The number of amides is 1. The van der Waals surface area contributed by atoms with Crippen LogP contribution in [0.25, 0.3) is 0 Å². The zero-order chi connectivity index (χ0) is 20.6. The molecule has 2 heterocycles. The molecular weight excluding hydrogens is 366 g/mol. The first-order valence-corrected chi connectivity index (χ1v) is 9.97. The first-order chi connectivity index (χ1) is 13.3. The molecule has 0 aromatic carbocycles. The molecule has 1 aliphatic carbocycles. The van der Waals surface area contributed by atoms with E-state index in [2.05, 4.69) is 0 Å². The Morgan fingerprint density at radius 1 is 1.29 bits per heavy atom. The van der Waals surface area contributed by atoms with Crippen LogP contribution in [-0.2, 0) is 28.6 Å². The van der Waals surface area contributed by atoms with Gasteiger partial charge in [0.15, 0.2) is 0 Å². The number of hydrogen-bond acceptors (Lipinski definition) is 7. The van der Waals surface area contributed by atoms with Gasteiger partial charge in [-0.2, -0.15) is 0 Å². The first kappa shape index (κ1) is 20.8. The Balaban J connectivity index is 1.92. The number of carbonyl (C=O) groups excluding carboxylic acids is 3. The van der Waals surface area contributed by atoms with Crippen molar-refractivity contribution in [1.82, 2.24) is 4.90 Å². The zero-order valence-electron chi connectivity index (χ0n) is 16.8. The van der Waals surface area contributed by atoms with E-state index in [0.717, 1.165) is 24.8 Å². The highest BCUT2D eigenvalue weighted by atomic mass is 16.7. The molecule has 0 spiro atoms. The normalized spacial score (nSPS) is 30.9. The fourth-order valence-corrected chi connectivity index (χ4v) is 4.81. The summed E-state index contributed by atoms with van der Waals surface area (Å²) in [6.07, 6.45) is 1.49. The van der Waals surface area contributed by atoms with E-state index in [0.29, 0.717) is 12.8 Å². The molecule has 156 valence electrons. The Hall–Kier alpha value is -1.93.